The molecule has 1 unspecified atom stereocenters. The van der Waals surface area contributed by atoms with Crippen LogP contribution in [0.15, 0.2) is 24.7 Å². The van der Waals surface area contributed by atoms with Crippen molar-refractivity contribution in [2.24, 2.45) is 0 Å². The van der Waals surface area contributed by atoms with E-state index in [1.54, 1.807) is 24.3 Å². The van der Waals surface area contributed by atoms with Gasteiger partial charge in [-0.05, 0) is 18.9 Å². The number of hydrogen-bond acceptors (Lipinski definition) is 6. The molecule has 0 bridgehead atoms. The minimum atomic E-state index is -0.138. The Morgan fingerprint density at radius 2 is 2.38 bits per heavy atom. The third-order valence-electron chi connectivity index (χ3n) is 5.06. The van der Waals surface area contributed by atoms with E-state index in [0.717, 1.165) is 47.0 Å². The van der Waals surface area contributed by atoms with Gasteiger partial charge in [0.15, 0.2) is 5.82 Å². The van der Waals surface area contributed by atoms with Crippen molar-refractivity contribution in [3.63, 3.8) is 0 Å². The van der Waals surface area contributed by atoms with E-state index >= 15 is 0 Å². The van der Waals surface area contributed by atoms with Gasteiger partial charge in [-0.25, -0.2) is 4.98 Å². The normalized spacial score (nSPS) is 17.4. The minimum absolute atomic E-state index is 0.0604. The summed E-state index contributed by atoms with van der Waals surface area (Å²) in [6.45, 7) is 1.54. The molecule has 1 fully saturated rings. The number of nitrogens with zero attached hydrogens (tertiary/aromatic N) is 6. The average molecular weight is 349 g/mol. The van der Waals surface area contributed by atoms with Crippen LogP contribution in [0.1, 0.15) is 19.3 Å². The predicted molar refractivity (Wildman–Crippen MR) is 97.4 cm³/mol. The van der Waals surface area contributed by atoms with Gasteiger partial charge in [0.2, 0.25) is 5.91 Å². The van der Waals surface area contributed by atoms with Crippen LogP contribution in [0, 0.1) is 11.3 Å². The summed E-state index contributed by atoms with van der Waals surface area (Å²) in [7, 11) is 1.77. The summed E-state index contributed by atoms with van der Waals surface area (Å²) in [4.78, 5) is 23.5. The molecule has 4 heterocycles. The molecule has 1 aliphatic heterocycles. The Morgan fingerprint density at radius 1 is 1.50 bits per heavy atom. The van der Waals surface area contributed by atoms with Crippen LogP contribution < -0.4 is 4.90 Å². The van der Waals surface area contributed by atoms with E-state index in [1.807, 2.05) is 18.3 Å². The quantitative estimate of drug-likeness (QED) is 0.774. The SMILES string of the molecule is CN(C(=O)CC#N)C1CCCN(c2nncc3cnc4[nH]ccc4c23)C1. The average Bonchev–Trinajstić information content (AvgIpc) is 3.16. The maximum Gasteiger partial charge on any atom is 0.236 e. The van der Waals surface area contributed by atoms with Crippen LogP contribution in [0.2, 0.25) is 0 Å². The fourth-order valence-corrected chi connectivity index (χ4v) is 3.65. The van der Waals surface area contributed by atoms with Gasteiger partial charge in [0, 0.05) is 54.7 Å². The molecule has 8 nitrogen and oxygen atoms in total. The first kappa shape index (κ1) is 16.3. The first-order chi connectivity index (χ1) is 12.7. The summed E-state index contributed by atoms with van der Waals surface area (Å²) in [6.07, 6.45) is 7.18. The minimum Gasteiger partial charge on any atom is -0.353 e. The van der Waals surface area contributed by atoms with Gasteiger partial charge in [-0.3, -0.25) is 4.79 Å². The Hall–Kier alpha value is -3.21. The highest BCUT2D eigenvalue weighted by Gasteiger charge is 2.28. The van der Waals surface area contributed by atoms with Crippen molar-refractivity contribution in [2.75, 3.05) is 25.0 Å². The molecule has 8 heteroatoms. The number of nitrogens with one attached hydrogen (secondary N) is 1. The first-order valence-electron chi connectivity index (χ1n) is 8.64. The molecule has 3 aromatic rings. The van der Waals surface area contributed by atoms with Gasteiger partial charge in [0.25, 0.3) is 0 Å². The van der Waals surface area contributed by atoms with Gasteiger partial charge in [0.05, 0.1) is 12.3 Å². The number of aromatic amines is 1. The van der Waals surface area contributed by atoms with Crippen LogP contribution in [-0.4, -0.2) is 57.2 Å². The molecule has 1 N–H and O–H groups in total. The molecule has 1 amide bonds. The third-order valence-corrected chi connectivity index (χ3v) is 5.06. The van der Waals surface area contributed by atoms with E-state index in [2.05, 4.69) is 25.1 Å². The lowest BCUT2D eigenvalue weighted by molar-refractivity contribution is -0.131. The maximum absolute atomic E-state index is 12.1. The number of pyridine rings is 1. The van der Waals surface area contributed by atoms with Crippen LogP contribution in [0.4, 0.5) is 5.82 Å². The number of fused-ring (bicyclic) bond motifs is 3. The number of aromatic nitrogens is 4. The molecule has 1 aliphatic rings. The lowest BCUT2D eigenvalue weighted by Gasteiger charge is -2.38. The van der Waals surface area contributed by atoms with Crippen molar-refractivity contribution in [1.82, 2.24) is 25.1 Å². The van der Waals surface area contributed by atoms with Crippen molar-refractivity contribution < 1.29 is 4.79 Å². The third kappa shape index (κ3) is 2.71. The smallest absolute Gasteiger partial charge is 0.236 e. The topological polar surface area (TPSA) is 102 Å². The van der Waals surface area contributed by atoms with Crippen molar-refractivity contribution in [3.8, 4) is 6.07 Å². The van der Waals surface area contributed by atoms with Gasteiger partial charge in [-0.1, -0.05) is 0 Å². The highest BCUT2D eigenvalue weighted by atomic mass is 16.2. The summed E-state index contributed by atoms with van der Waals surface area (Å²) in [6, 6.07) is 3.99. The van der Waals surface area contributed by atoms with E-state index < -0.39 is 0 Å². The first-order valence-corrected chi connectivity index (χ1v) is 8.64. The predicted octanol–water partition coefficient (Wildman–Crippen LogP) is 1.85. The Bertz CT molecular complexity index is 1010. The largest absolute Gasteiger partial charge is 0.353 e. The fraction of sp³-hybridized carbons (Fsp3) is 0.389. The number of nitriles is 1. The van der Waals surface area contributed by atoms with Gasteiger partial charge >= 0.3 is 0 Å². The van der Waals surface area contributed by atoms with Crippen LogP contribution in [-0.2, 0) is 4.79 Å². The number of piperidine rings is 1. The lowest BCUT2D eigenvalue weighted by Crippen LogP contribution is -2.48. The molecule has 3 aromatic heterocycles. The van der Waals surface area contributed by atoms with Crippen LogP contribution in [0.5, 0.6) is 0 Å². The molecule has 26 heavy (non-hydrogen) atoms. The van der Waals surface area contributed by atoms with Crippen LogP contribution in [0.3, 0.4) is 0 Å². The number of H-pyrrole nitrogens is 1. The standard InChI is InChI=1S/C18H19N7O/c1-24(15(26)4-6-19)13-3-2-8-25(11-13)18-16-12(10-22-23-18)9-21-17-14(16)5-7-20-17/h5,7,9-10,13H,2-4,8,11H2,1H3,(H,20,21). The Kier molecular flexibility index (Phi) is 4.13. The number of rotatable bonds is 3. The molecular weight excluding hydrogens is 330 g/mol. The molecular formula is C18H19N7O. The Labute approximate surface area is 150 Å². The lowest BCUT2D eigenvalue weighted by atomic mass is 10.0. The molecule has 4 rings (SSSR count). The molecule has 1 saturated heterocycles. The van der Waals surface area contributed by atoms with E-state index in [9.17, 15) is 4.79 Å². The van der Waals surface area contributed by atoms with Gasteiger partial charge in [0.1, 0.15) is 12.1 Å². The van der Waals surface area contributed by atoms with E-state index in [-0.39, 0.29) is 18.4 Å². The summed E-state index contributed by atoms with van der Waals surface area (Å²) >= 11 is 0. The molecule has 0 aromatic carbocycles. The van der Waals surface area contributed by atoms with Crippen molar-refractivity contribution in [3.05, 3.63) is 24.7 Å². The van der Waals surface area contributed by atoms with Crippen molar-refractivity contribution in [2.45, 2.75) is 25.3 Å². The molecule has 0 aliphatic carbocycles. The van der Waals surface area contributed by atoms with Crippen LogP contribution >= 0.6 is 0 Å². The highest BCUT2D eigenvalue weighted by Crippen LogP contribution is 2.31. The van der Waals surface area contributed by atoms with E-state index in [4.69, 9.17) is 5.26 Å². The Morgan fingerprint density at radius 3 is 3.23 bits per heavy atom. The zero-order chi connectivity index (χ0) is 18.1. The highest BCUT2D eigenvalue weighted by molar-refractivity contribution is 6.09. The van der Waals surface area contributed by atoms with Gasteiger partial charge in [-0.15, -0.1) is 5.10 Å². The van der Waals surface area contributed by atoms with Gasteiger partial charge < -0.3 is 14.8 Å². The fourth-order valence-electron chi connectivity index (χ4n) is 3.65. The monoisotopic (exact) mass is 349 g/mol. The van der Waals surface area contributed by atoms with Crippen molar-refractivity contribution >= 4 is 33.5 Å². The molecule has 0 saturated carbocycles. The number of amides is 1. The number of likely N-dealkylation sites (N-methyl/N-ethyl adjacent to an activating group) is 1. The van der Waals surface area contributed by atoms with E-state index in [0.29, 0.717) is 6.54 Å². The second-order valence-electron chi connectivity index (χ2n) is 6.58. The second-order valence-corrected chi connectivity index (χ2v) is 6.58. The zero-order valence-electron chi connectivity index (χ0n) is 14.5. The maximum atomic E-state index is 12.1. The summed E-state index contributed by atoms with van der Waals surface area (Å²) in [5, 5.41) is 20.3. The summed E-state index contributed by atoms with van der Waals surface area (Å²) < 4.78 is 0. The Balaban J connectivity index is 1.70. The van der Waals surface area contributed by atoms with Crippen LogP contribution in [0.25, 0.3) is 21.8 Å². The molecule has 1 atom stereocenters. The molecule has 0 spiro atoms. The number of carbonyl (C=O) groups excluding carboxylic acids is 1. The number of hydrogen-bond donors (Lipinski definition) is 1. The van der Waals surface area contributed by atoms with Gasteiger partial charge in [-0.2, -0.15) is 10.4 Å². The van der Waals surface area contributed by atoms with Crippen molar-refractivity contribution in [1.29, 1.82) is 5.26 Å². The summed E-state index contributed by atoms with van der Waals surface area (Å²) in [5.41, 5.74) is 0.821. The zero-order valence-corrected chi connectivity index (χ0v) is 14.5. The number of carbonyl (C=O) groups is 1. The molecule has 0 radical (unpaired) electrons. The molecule has 132 valence electrons. The number of anilines is 1. The van der Waals surface area contributed by atoms with E-state index in [1.165, 1.54) is 0 Å². The second kappa shape index (κ2) is 6.59. The summed E-state index contributed by atoms with van der Waals surface area (Å²) in [5.74, 6) is 0.681.